The number of hydrogen-bond acceptors (Lipinski definition) is 8. The first-order valence-corrected chi connectivity index (χ1v) is 12.6. The average molecular weight is 485 g/mol. The highest BCUT2D eigenvalue weighted by Gasteiger charge is 2.21. The lowest BCUT2D eigenvalue weighted by Gasteiger charge is -2.32. The molecule has 0 atom stereocenters. The topological polar surface area (TPSA) is 85.3 Å². The normalized spacial score (nSPS) is 14.6. The van der Waals surface area contributed by atoms with Gasteiger partial charge in [-0.3, -0.25) is 4.90 Å². The third-order valence-corrected chi connectivity index (χ3v) is 6.27. The van der Waals surface area contributed by atoms with Gasteiger partial charge in [-0.15, -0.1) is 0 Å². The number of fused-ring (bicyclic) bond motifs is 1. The van der Waals surface area contributed by atoms with E-state index >= 15 is 0 Å². The summed E-state index contributed by atoms with van der Waals surface area (Å²) in [6.07, 6.45) is 5.37. The second kappa shape index (κ2) is 11.3. The van der Waals surface area contributed by atoms with Crippen LogP contribution in [0.1, 0.15) is 32.3 Å². The summed E-state index contributed by atoms with van der Waals surface area (Å²) in [4.78, 5) is 20.9. The summed E-state index contributed by atoms with van der Waals surface area (Å²) in [5.74, 6) is 2.33. The van der Waals surface area contributed by atoms with E-state index in [1.807, 2.05) is 50.2 Å². The van der Waals surface area contributed by atoms with Crippen LogP contribution in [0.4, 0.5) is 5.95 Å². The van der Waals surface area contributed by atoms with Crippen LogP contribution in [0.15, 0.2) is 60.9 Å². The van der Waals surface area contributed by atoms with Crippen LogP contribution in [-0.2, 0) is 6.54 Å². The largest absolute Gasteiger partial charge is 0.494 e. The molecule has 1 aliphatic heterocycles. The maximum atomic E-state index is 5.75. The quantitative estimate of drug-likeness (QED) is 0.357. The van der Waals surface area contributed by atoms with Crippen LogP contribution in [0.5, 0.6) is 11.5 Å². The average Bonchev–Trinajstić information content (AvgIpc) is 2.90. The van der Waals surface area contributed by atoms with Crippen LogP contribution >= 0.6 is 0 Å². The Labute approximate surface area is 211 Å². The van der Waals surface area contributed by atoms with Gasteiger partial charge in [0.2, 0.25) is 5.95 Å². The minimum atomic E-state index is 0.299. The molecule has 186 valence electrons. The van der Waals surface area contributed by atoms with Gasteiger partial charge < -0.3 is 14.8 Å². The summed E-state index contributed by atoms with van der Waals surface area (Å²) >= 11 is 0. The molecule has 3 heterocycles. The predicted octanol–water partition coefficient (Wildman–Crippen LogP) is 4.96. The fraction of sp³-hybridized carbons (Fsp3) is 0.357. The molecule has 0 amide bonds. The molecule has 1 saturated heterocycles. The number of nitrogens with zero attached hydrogens (tertiary/aromatic N) is 5. The smallest absolute Gasteiger partial charge is 0.225 e. The van der Waals surface area contributed by atoms with E-state index in [0.29, 0.717) is 36.4 Å². The molecular weight excluding hydrogens is 452 g/mol. The summed E-state index contributed by atoms with van der Waals surface area (Å²) in [7, 11) is 0. The van der Waals surface area contributed by atoms with E-state index in [-0.39, 0.29) is 0 Å². The van der Waals surface area contributed by atoms with Crippen molar-refractivity contribution in [1.29, 1.82) is 0 Å². The van der Waals surface area contributed by atoms with Gasteiger partial charge in [0.1, 0.15) is 22.7 Å². The maximum Gasteiger partial charge on any atom is 0.225 e. The zero-order valence-electron chi connectivity index (χ0n) is 20.9. The lowest BCUT2D eigenvalue weighted by Crippen LogP contribution is -2.39. The number of piperidine rings is 1. The van der Waals surface area contributed by atoms with Gasteiger partial charge in [-0.25, -0.2) is 15.0 Å². The van der Waals surface area contributed by atoms with Crippen LogP contribution in [0.25, 0.3) is 22.4 Å². The third kappa shape index (κ3) is 5.71. The molecular formula is C28H32N6O2. The van der Waals surface area contributed by atoms with Gasteiger partial charge >= 0.3 is 0 Å². The van der Waals surface area contributed by atoms with Crippen molar-refractivity contribution in [1.82, 2.24) is 24.8 Å². The zero-order chi connectivity index (χ0) is 24.7. The Morgan fingerprint density at radius 2 is 1.58 bits per heavy atom. The Morgan fingerprint density at radius 1 is 0.889 bits per heavy atom. The molecule has 8 heteroatoms. The first kappa shape index (κ1) is 23.9. The Hall–Kier alpha value is -3.78. The van der Waals surface area contributed by atoms with Crippen molar-refractivity contribution in [3.8, 4) is 22.8 Å². The van der Waals surface area contributed by atoms with Crippen LogP contribution in [-0.4, -0.2) is 57.2 Å². The second-order valence-electron chi connectivity index (χ2n) is 8.86. The van der Waals surface area contributed by atoms with E-state index in [0.717, 1.165) is 55.2 Å². The molecule has 8 nitrogen and oxygen atoms in total. The first-order valence-electron chi connectivity index (χ1n) is 12.6. The zero-order valence-corrected chi connectivity index (χ0v) is 20.9. The summed E-state index contributed by atoms with van der Waals surface area (Å²) in [5.41, 5.74) is 4.33. The molecule has 1 aliphatic rings. The van der Waals surface area contributed by atoms with Crippen LogP contribution in [0.2, 0.25) is 0 Å². The van der Waals surface area contributed by atoms with E-state index in [1.165, 1.54) is 5.56 Å². The lowest BCUT2D eigenvalue weighted by molar-refractivity contribution is 0.210. The summed E-state index contributed by atoms with van der Waals surface area (Å²) in [5, 5.41) is 3.56. The van der Waals surface area contributed by atoms with E-state index < -0.39 is 0 Å². The molecule has 0 unspecified atom stereocenters. The molecule has 2 aromatic heterocycles. The van der Waals surface area contributed by atoms with Crippen molar-refractivity contribution < 1.29 is 9.47 Å². The number of likely N-dealkylation sites (tertiary alicyclic amines) is 1. The Balaban J connectivity index is 1.26. The molecule has 36 heavy (non-hydrogen) atoms. The Bertz CT molecular complexity index is 1270. The SMILES string of the molecule is CCOc1cc(CN2CCC(Nc3nc(-c4ccccc4)c4nccnc4n3)CC2)cc(OCC)c1. The van der Waals surface area contributed by atoms with Crippen molar-refractivity contribution in [3.05, 3.63) is 66.5 Å². The maximum absolute atomic E-state index is 5.75. The van der Waals surface area contributed by atoms with E-state index in [1.54, 1.807) is 12.4 Å². The van der Waals surface area contributed by atoms with Gasteiger partial charge in [0, 0.05) is 49.7 Å². The standard InChI is InChI=1S/C28H32N6O2/c1-3-35-23-16-20(17-24(18-23)36-4-2)19-34-14-10-22(11-15-34)31-28-32-25(21-8-6-5-7-9-21)26-27(33-28)30-13-12-29-26/h5-9,12-13,16-18,22H,3-4,10-11,14-15,19H2,1-2H3,(H,30,31,32,33). The minimum absolute atomic E-state index is 0.299. The van der Waals surface area contributed by atoms with Gasteiger partial charge in [-0.1, -0.05) is 30.3 Å². The van der Waals surface area contributed by atoms with Crippen molar-refractivity contribution in [2.24, 2.45) is 0 Å². The molecule has 1 N–H and O–H groups in total. The highest BCUT2D eigenvalue weighted by molar-refractivity contribution is 5.87. The monoisotopic (exact) mass is 484 g/mol. The van der Waals surface area contributed by atoms with Crippen molar-refractivity contribution in [2.45, 2.75) is 39.3 Å². The highest BCUT2D eigenvalue weighted by Crippen LogP contribution is 2.27. The summed E-state index contributed by atoms with van der Waals surface area (Å²) < 4.78 is 11.5. The molecule has 2 aromatic carbocycles. The van der Waals surface area contributed by atoms with Gasteiger partial charge in [-0.05, 0) is 44.4 Å². The number of hydrogen-bond donors (Lipinski definition) is 1. The molecule has 5 rings (SSSR count). The van der Waals surface area contributed by atoms with Gasteiger partial charge in [0.25, 0.3) is 0 Å². The number of ether oxygens (including phenoxy) is 2. The second-order valence-corrected chi connectivity index (χ2v) is 8.86. The molecule has 0 aliphatic carbocycles. The van der Waals surface area contributed by atoms with Crippen LogP contribution < -0.4 is 14.8 Å². The van der Waals surface area contributed by atoms with Crippen LogP contribution in [0, 0.1) is 0 Å². The first-order chi connectivity index (χ1) is 17.7. The molecule has 4 aromatic rings. The minimum Gasteiger partial charge on any atom is -0.494 e. The number of nitrogens with one attached hydrogen (secondary N) is 1. The summed E-state index contributed by atoms with van der Waals surface area (Å²) in [6, 6.07) is 16.6. The highest BCUT2D eigenvalue weighted by atomic mass is 16.5. The third-order valence-electron chi connectivity index (χ3n) is 6.27. The fourth-order valence-corrected chi connectivity index (χ4v) is 4.62. The molecule has 0 bridgehead atoms. The van der Waals surface area contributed by atoms with E-state index in [2.05, 4.69) is 37.3 Å². The summed E-state index contributed by atoms with van der Waals surface area (Å²) in [6.45, 7) is 8.12. The predicted molar refractivity (Wildman–Crippen MR) is 141 cm³/mol. The van der Waals surface area contributed by atoms with Crippen LogP contribution in [0.3, 0.4) is 0 Å². The molecule has 0 radical (unpaired) electrons. The van der Waals surface area contributed by atoms with Gasteiger partial charge in [-0.2, -0.15) is 4.98 Å². The van der Waals surface area contributed by atoms with Gasteiger partial charge in [0.05, 0.1) is 13.2 Å². The van der Waals surface area contributed by atoms with Crippen molar-refractivity contribution >= 4 is 17.1 Å². The number of rotatable bonds is 9. The van der Waals surface area contributed by atoms with Crippen molar-refractivity contribution in [3.63, 3.8) is 0 Å². The molecule has 1 fully saturated rings. The fourth-order valence-electron chi connectivity index (χ4n) is 4.62. The van der Waals surface area contributed by atoms with E-state index in [4.69, 9.17) is 14.5 Å². The Kier molecular flexibility index (Phi) is 7.52. The number of anilines is 1. The molecule has 0 saturated carbocycles. The lowest BCUT2D eigenvalue weighted by atomic mass is 10.0. The van der Waals surface area contributed by atoms with Crippen molar-refractivity contribution in [2.75, 3.05) is 31.6 Å². The number of benzene rings is 2. The van der Waals surface area contributed by atoms with Gasteiger partial charge in [0.15, 0.2) is 5.65 Å². The number of aromatic nitrogens is 4. The Morgan fingerprint density at radius 3 is 2.28 bits per heavy atom. The molecule has 0 spiro atoms. The van der Waals surface area contributed by atoms with E-state index in [9.17, 15) is 0 Å².